The van der Waals surface area contributed by atoms with E-state index < -0.39 is 0 Å². The van der Waals surface area contributed by atoms with Crippen LogP contribution in [0.4, 0.5) is 0 Å². The monoisotopic (exact) mass is 294 g/mol. The first-order valence-electron chi connectivity index (χ1n) is 6.61. The van der Waals surface area contributed by atoms with Crippen LogP contribution in [0.5, 0.6) is 0 Å². The highest BCUT2D eigenvalue weighted by molar-refractivity contribution is 6.17. The zero-order valence-corrected chi connectivity index (χ0v) is 11.8. The molecule has 0 N–H and O–H groups in total. The van der Waals surface area contributed by atoms with E-state index in [4.69, 9.17) is 11.6 Å². The van der Waals surface area contributed by atoms with Crippen LogP contribution >= 0.6 is 11.6 Å². The Bertz CT molecular complexity index is 940. The Hall–Kier alpha value is -2.46. The molecule has 4 rings (SSSR count). The molecule has 0 bridgehead atoms. The second-order valence-corrected chi connectivity index (χ2v) is 4.96. The Kier molecular flexibility index (Phi) is 2.82. The molecule has 0 aliphatic rings. The van der Waals surface area contributed by atoms with Gasteiger partial charge in [0.25, 0.3) is 0 Å². The van der Waals surface area contributed by atoms with Crippen molar-refractivity contribution in [3.05, 3.63) is 60.7 Å². The lowest BCUT2D eigenvalue weighted by atomic mass is 10.2. The Morgan fingerprint density at radius 1 is 0.905 bits per heavy atom. The molecule has 4 aromatic rings. The summed E-state index contributed by atoms with van der Waals surface area (Å²) in [6.45, 7) is 0. The fraction of sp³-hybridized carbons (Fsp3) is 0.0625. The lowest BCUT2D eigenvalue weighted by Gasteiger charge is -2.10. The zero-order chi connectivity index (χ0) is 14.2. The van der Waals surface area contributed by atoms with E-state index in [1.54, 1.807) is 12.4 Å². The predicted molar refractivity (Wildman–Crippen MR) is 83.7 cm³/mol. The van der Waals surface area contributed by atoms with Crippen LogP contribution in [-0.4, -0.2) is 19.5 Å². The van der Waals surface area contributed by atoms with Gasteiger partial charge in [-0.3, -0.25) is 9.55 Å². The van der Waals surface area contributed by atoms with Gasteiger partial charge in [-0.15, -0.1) is 11.6 Å². The Morgan fingerprint density at radius 3 is 2.62 bits per heavy atom. The summed E-state index contributed by atoms with van der Waals surface area (Å²) < 4.78 is 2.01. The molecule has 0 aliphatic heterocycles. The van der Waals surface area contributed by atoms with Gasteiger partial charge in [0.15, 0.2) is 5.65 Å². The van der Waals surface area contributed by atoms with Crippen molar-refractivity contribution in [2.45, 2.75) is 5.88 Å². The van der Waals surface area contributed by atoms with Gasteiger partial charge in [0.1, 0.15) is 11.3 Å². The van der Waals surface area contributed by atoms with Crippen molar-refractivity contribution in [3.63, 3.8) is 0 Å². The van der Waals surface area contributed by atoms with E-state index in [1.165, 1.54) is 0 Å². The molecule has 0 amide bonds. The summed E-state index contributed by atoms with van der Waals surface area (Å²) in [6.07, 6.45) is 3.56. The maximum absolute atomic E-state index is 6.08. The third-order valence-electron chi connectivity index (χ3n) is 3.47. The van der Waals surface area contributed by atoms with Crippen LogP contribution in [0.15, 0.2) is 54.9 Å². The third kappa shape index (κ3) is 1.87. The predicted octanol–water partition coefficient (Wildman–Crippen LogP) is 3.71. The van der Waals surface area contributed by atoms with E-state index in [2.05, 4.69) is 15.0 Å². The molecule has 0 unspecified atom stereocenters. The summed E-state index contributed by atoms with van der Waals surface area (Å²) in [4.78, 5) is 13.4. The Labute approximate surface area is 126 Å². The zero-order valence-electron chi connectivity index (χ0n) is 11.1. The van der Waals surface area contributed by atoms with Crippen molar-refractivity contribution in [2.24, 2.45) is 0 Å². The highest BCUT2D eigenvalue weighted by atomic mass is 35.5. The normalized spacial score (nSPS) is 11.3. The maximum Gasteiger partial charge on any atom is 0.164 e. The molecule has 0 spiro atoms. The average molecular weight is 295 g/mol. The van der Waals surface area contributed by atoms with E-state index in [0.29, 0.717) is 5.88 Å². The average Bonchev–Trinajstić information content (AvgIpc) is 2.92. The van der Waals surface area contributed by atoms with Gasteiger partial charge in [-0.2, -0.15) is 0 Å². The molecule has 0 fully saturated rings. The Balaban J connectivity index is 2.13. The number of pyridine rings is 2. The minimum atomic E-state index is 0.326. The number of nitrogens with zero attached hydrogens (tertiary/aromatic N) is 4. The van der Waals surface area contributed by atoms with E-state index in [0.717, 1.165) is 33.6 Å². The quantitative estimate of drug-likeness (QED) is 0.529. The summed E-state index contributed by atoms with van der Waals surface area (Å²) in [6, 6.07) is 13.8. The van der Waals surface area contributed by atoms with Crippen LogP contribution < -0.4 is 0 Å². The highest BCUT2D eigenvalue weighted by Crippen LogP contribution is 2.26. The number of aromatic nitrogens is 4. The van der Waals surface area contributed by atoms with Gasteiger partial charge in [-0.25, -0.2) is 9.97 Å². The molecular formula is C16H11ClN4. The van der Waals surface area contributed by atoms with E-state index in [-0.39, 0.29) is 0 Å². The van der Waals surface area contributed by atoms with Crippen molar-refractivity contribution in [1.82, 2.24) is 19.5 Å². The first kappa shape index (κ1) is 12.3. The summed E-state index contributed by atoms with van der Waals surface area (Å²) in [7, 11) is 0. The lowest BCUT2D eigenvalue weighted by molar-refractivity contribution is 0.976. The van der Waals surface area contributed by atoms with Crippen LogP contribution in [0.1, 0.15) is 5.82 Å². The molecule has 0 atom stereocenters. The van der Waals surface area contributed by atoms with Crippen molar-refractivity contribution >= 4 is 33.7 Å². The van der Waals surface area contributed by atoms with Crippen LogP contribution in [-0.2, 0) is 5.88 Å². The lowest BCUT2D eigenvalue weighted by Crippen LogP contribution is -2.01. The number of benzene rings is 1. The van der Waals surface area contributed by atoms with Gasteiger partial charge in [0, 0.05) is 17.8 Å². The van der Waals surface area contributed by atoms with E-state index >= 15 is 0 Å². The molecule has 0 saturated carbocycles. The molecule has 0 radical (unpaired) electrons. The van der Waals surface area contributed by atoms with Gasteiger partial charge < -0.3 is 0 Å². The number of halogens is 1. The number of hydrogen-bond acceptors (Lipinski definition) is 3. The smallest absolute Gasteiger partial charge is 0.164 e. The topological polar surface area (TPSA) is 43.6 Å². The van der Waals surface area contributed by atoms with Gasteiger partial charge >= 0.3 is 0 Å². The summed E-state index contributed by atoms with van der Waals surface area (Å²) in [5.41, 5.74) is 3.59. The minimum Gasteiger partial charge on any atom is -0.279 e. The molecule has 4 nitrogen and oxygen atoms in total. The number of rotatable bonds is 2. The van der Waals surface area contributed by atoms with Crippen LogP contribution in [0.25, 0.3) is 27.8 Å². The number of alkyl halides is 1. The van der Waals surface area contributed by atoms with Crippen molar-refractivity contribution in [1.29, 1.82) is 0 Å². The van der Waals surface area contributed by atoms with E-state index in [1.807, 2.05) is 47.0 Å². The molecule has 3 heterocycles. The highest BCUT2D eigenvalue weighted by Gasteiger charge is 2.14. The van der Waals surface area contributed by atoms with Crippen molar-refractivity contribution < 1.29 is 0 Å². The minimum absolute atomic E-state index is 0.326. The van der Waals surface area contributed by atoms with Gasteiger partial charge in [-0.05, 0) is 36.4 Å². The second-order valence-electron chi connectivity index (χ2n) is 4.69. The molecule has 1 aromatic carbocycles. The first-order valence-corrected chi connectivity index (χ1v) is 7.14. The largest absolute Gasteiger partial charge is 0.279 e. The van der Waals surface area contributed by atoms with Crippen molar-refractivity contribution in [3.8, 4) is 5.69 Å². The molecular weight excluding hydrogens is 284 g/mol. The molecule has 102 valence electrons. The SMILES string of the molecule is ClCc1nc2cccnc2n1-c1cccc2ncccc12. The molecule has 0 aliphatic carbocycles. The molecule has 5 heteroatoms. The summed E-state index contributed by atoms with van der Waals surface area (Å²) in [5.74, 6) is 1.11. The first-order chi connectivity index (χ1) is 10.4. The fourth-order valence-corrected chi connectivity index (χ4v) is 2.76. The van der Waals surface area contributed by atoms with Gasteiger partial charge in [0.05, 0.1) is 17.1 Å². The molecule has 21 heavy (non-hydrogen) atoms. The summed E-state index contributed by atoms with van der Waals surface area (Å²) in [5, 5.41) is 1.05. The number of fused-ring (bicyclic) bond motifs is 2. The van der Waals surface area contributed by atoms with E-state index in [9.17, 15) is 0 Å². The second kappa shape index (κ2) is 4.82. The standard InChI is InChI=1S/C16H11ClN4/c17-10-15-20-13-6-3-9-19-16(13)21(15)14-7-1-5-12-11(14)4-2-8-18-12/h1-9H,10H2. The number of imidazole rings is 1. The number of hydrogen-bond donors (Lipinski definition) is 0. The molecule has 3 aromatic heterocycles. The Morgan fingerprint density at radius 2 is 1.71 bits per heavy atom. The van der Waals surface area contributed by atoms with Crippen molar-refractivity contribution in [2.75, 3.05) is 0 Å². The molecule has 0 saturated heterocycles. The van der Waals surface area contributed by atoms with Crippen LogP contribution in [0.2, 0.25) is 0 Å². The van der Waals surface area contributed by atoms with Crippen LogP contribution in [0, 0.1) is 0 Å². The van der Waals surface area contributed by atoms with Gasteiger partial charge in [-0.1, -0.05) is 6.07 Å². The maximum atomic E-state index is 6.08. The third-order valence-corrected chi connectivity index (χ3v) is 3.71. The van der Waals surface area contributed by atoms with Crippen LogP contribution in [0.3, 0.4) is 0 Å². The summed E-state index contributed by atoms with van der Waals surface area (Å²) >= 11 is 6.08. The fourth-order valence-electron chi connectivity index (χ4n) is 2.58. The van der Waals surface area contributed by atoms with Gasteiger partial charge in [0.2, 0.25) is 0 Å².